The molecule has 3 nitrogen and oxygen atoms in total. The summed E-state index contributed by atoms with van der Waals surface area (Å²) in [5.74, 6) is -0.800. The number of carboxylic acid groups (broad SMARTS) is 1. The second-order valence-corrected chi connectivity index (χ2v) is 5.71. The number of fused-ring (bicyclic) bond motifs is 1. The van der Waals surface area contributed by atoms with Gasteiger partial charge in [0.1, 0.15) is 0 Å². The third-order valence-corrected chi connectivity index (χ3v) is 3.55. The fraction of sp³-hybridized carbons (Fsp3) is 0.357. The molecule has 0 amide bonds. The SMILES string of the molecule is Cn1ccc2c(Cl)cc(CC(C)(C)C(=O)O)cc21. The summed E-state index contributed by atoms with van der Waals surface area (Å²) in [4.78, 5) is 11.2. The number of aliphatic carboxylic acids is 1. The van der Waals surface area contributed by atoms with E-state index in [1.165, 1.54) is 0 Å². The monoisotopic (exact) mass is 265 g/mol. The first-order valence-corrected chi connectivity index (χ1v) is 6.16. The van der Waals surface area contributed by atoms with Crippen molar-refractivity contribution in [3.63, 3.8) is 0 Å². The fourth-order valence-corrected chi connectivity index (χ4v) is 2.37. The van der Waals surface area contributed by atoms with Crippen LogP contribution in [0.15, 0.2) is 24.4 Å². The van der Waals surface area contributed by atoms with Crippen molar-refractivity contribution >= 4 is 28.5 Å². The van der Waals surface area contributed by atoms with Crippen molar-refractivity contribution in [2.24, 2.45) is 12.5 Å². The molecule has 0 fully saturated rings. The largest absolute Gasteiger partial charge is 0.481 e. The summed E-state index contributed by atoms with van der Waals surface area (Å²) in [6.45, 7) is 3.44. The number of halogens is 1. The molecule has 0 atom stereocenters. The lowest BCUT2D eigenvalue weighted by molar-refractivity contribution is -0.146. The van der Waals surface area contributed by atoms with Crippen LogP contribution < -0.4 is 0 Å². The topological polar surface area (TPSA) is 42.2 Å². The lowest BCUT2D eigenvalue weighted by atomic mass is 9.86. The van der Waals surface area contributed by atoms with Gasteiger partial charge in [-0.05, 0) is 44.0 Å². The first kappa shape index (κ1) is 13.0. The predicted molar refractivity (Wildman–Crippen MR) is 73.0 cm³/mol. The van der Waals surface area contributed by atoms with Gasteiger partial charge in [-0.15, -0.1) is 0 Å². The Balaban J connectivity index is 2.47. The molecule has 2 aromatic rings. The quantitative estimate of drug-likeness (QED) is 0.923. The number of benzene rings is 1. The molecule has 0 aliphatic rings. The van der Waals surface area contributed by atoms with Gasteiger partial charge in [0.05, 0.1) is 10.4 Å². The maximum absolute atomic E-state index is 11.2. The molecule has 0 aliphatic carbocycles. The Labute approximate surface area is 111 Å². The van der Waals surface area contributed by atoms with Crippen molar-refractivity contribution in [2.45, 2.75) is 20.3 Å². The molecule has 1 aromatic carbocycles. The van der Waals surface area contributed by atoms with Crippen LogP contribution in [0.4, 0.5) is 0 Å². The highest BCUT2D eigenvalue weighted by atomic mass is 35.5. The zero-order valence-electron chi connectivity index (χ0n) is 10.7. The van der Waals surface area contributed by atoms with Crippen LogP contribution in [0.5, 0.6) is 0 Å². The molecular weight excluding hydrogens is 250 g/mol. The van der Waals surface area contributed by atoms with Crippen LogP contribution in [0.1, 0.15) is 19.4 Å². The third-order valence-electron chi connectivity index (χ3n) is 3.24. The molecule has 4 heteroatoms. The van der Waals surface area contributed by atoms with Gasteiger partial charge in [-0.3, -0.25) is 4.79 Å². The Morgan fingerprint density at radius 2 is 2.11 bits per heavy atom. The highest BCUT2D eigenvalue weighted by Crippen LogP contribution is 2.29. The van der Waals surface area contributed by atoms with Crippen LogP contribution in [0.2, 0.25) is 5.02 Å². The molecule has 18 heavy (non-hydrogen) atoms. The summed E-state index contributed by atoms with van der Waals surface area (Å²) < 4.78 is 1.98. The van der Waals surface area contributed by atoms with Crippen LogP contribution in [-0.4, -0.2) is 15.6 Å². The van der Waals surface area contributed by atoms with E-state index in [9.17, 15) is 4.79 Å². The van der Waals surface area contributed by atoms with E-state index in [-0.39, 0.29) is 0 Å². The van der Waals surface area contributed by atoms with Crippen molar-refractivity contribution in [3.05, 3.63) is 35.0 Å². The molecule has 0 saturated heterocycles. The highest BCUT2D eigenvalue weighted by molar-refractivity contribution is 6.35. The van der Waals surface area contributed by atoms with Gasteiger partial charge in [0, 0.05) is 24.1 Å². The number of carbonyl (C=O) groups is 1. The van der Waals surface area contributed by atoms with E-state index in [4.69, 9.17) is 16.7 Å². The van der Waals surface area contributed by atoms with Gasteiger partial charge in [0.25, 0.3) is 0 Å². The Hall–Kier alpha value is -1.48. The smallest absolute Gasteiger partial charge is 0.309 e. The van der Waals surface area contributed by atoms with Crippen LogP contribution in [0.25, 0.3) is 10.9 Å². The van der Waals surface area contributed by atoms with Crippen LogP contribution in [0.3, 0.4) is 0 Å². The molecule has 96 valence electrons. The molecule has 0 bridgehead atoms. The van der Waals surface area contributed by atoms with Gasteiger partial charge in [-0.25, -0.2) is 0 Å². The van der Waals surface area contributed by atoms with Gasteiger partial charge >= 0.3 is 5.97 Å². The van der Waals surface area contributed by atoms with Crippen LogP contribution in [-0.2, 0) is 18.3 Å². The van der Waals surface area contributed by atoms with Crippen molar-refractivity contribution in [1.29, 1.82) is 0 Å². The normalized spacial score (nSPS) is 12.0. The number of aryl methyl sites for hydroxylation is 1. The van der Waals surface area contributed by atoms with E-state index in [0.717, 1.165) is 16.5 Å². The minimum atomic E-state index is -0.800. The molecule has 0 spiro atoms. The second kappa shape index (κ2) is 4.32. The zero-order valence-corrected chi connectivity index (χ0v) is 11.5. The maximum Gasteiger partial charge on any atom is 0.309 e. The van der Waals surface area contributed by atoms with Crippen molar-refractivity contribution in [1.82, 2.24) is 4.57 Å². The minimum absolute atomic E-state index is 0.461. The number of nitrogens with zero attached hydrogens (tertiary/aromatic N) is 1. The average Bonchev–Trinajstić information content (AvgIpc) is 2.60. The Bertz CT molecular complexity index is 614. The van der Waals surface area contributed by atoms with Crippen LogP contribution in [0, 0.1) is 5.41 Å². The van der Waals surface area contributed by atoms with Gasteiger partial charge < -0.3 is 9.67 Å². The van der Waals surface area contributed by atoms with Gasteiger partial charge in [0.15, 0.2) is 0 Å². The number of carboxylic acids is 1. The van der Waals surface area contributed by atoms with E-state index in [2.05, 4.69) is 0 Å². The number of hydrogen-bond donors (Lipinski definition) is 1. The minimum Gasteiger partial charge on any atom is -0.481 e. The molecule has 1 N–H and O–H groups in total. The van der Waals surface area contributed by atoms with E-state index >= 15 is 0 Å². The van der Waals surface area contributed by atoms with E-state index in [0.29, 0.717) is 11.4 Å². The van der Waals surface area contributed by atoms with Crippen molar-refractivity contribution in [3.8, 4) is 0 Å². The van der Waals surface area contributed by atoms with Crippen LogP contribution >= 0.6 is 11.6 Å². The first-order chi connectivity index (χ1) is 8.31. The first-order valence-electron chi connectivity index (χ1n) is 5.78. The lowest BCUT2D eigenvalue weighted by Gasteiger charge is -2.19. The fourth-order valence-electron chi connectivity index (χ4n) is 2.07. The Morgan fingerprint density at radius 1 is 1.44 bits per heavy atom. The van der Waals surface area contributed by atoms with E-state index < -0.39 is 11.4 Å². The number of rotatable bonds is 3. The third kappa shape index (κ3) is 2.23. The maximum atomic E-state index is 11.2. The lowest BCUT2D eigenvalue weighted by Crippen LogP contribution is -2.26. The Kier molecular flexibility index (Phi) is 3.11. The zero-order chi connectivity index (χ0) is 13.5. The highest BCUT2D eigenvalue weighted by Gasteiger charge is 2.27. The molecule has 0 radical (unpaired) electrons. The summed E-state index contributed by atoms with van der Waals surface area (Å²) in [7, 11) is 1.95. The summed E-state index contributed by atoms with van der Waals surface area (Å²) in [5, 5.41) is 10.8. The van der Waals surface area contributed by atoms with Gasteiger partial charge in [-0.1, -0.05) is 11.6 Å². The molecular formula is C14H16ClNO2. The standard InChI is InChI=1S/C14H16ClNO2/c1-14(2,13(17)18)8-9-6-11(15)10-4-5-16(3)12(10)7-9/h4-7H,8H2,1-3H3,(H,17,18). The molecule has 1 aromatic heterocycles. The molecule has 1 heterocycles. The summed E-state index contributed by atoms with van der Waals surface area (Å²) >= 11 is 6.22. The van der Waals surface area contributed by atoms with E-state index in [1.807, 2.05) is 36.0 Å². The van der Waals surface area contributed by atoms with Gasteiger partial charge in [0.2, 0.25) is 0 Å². The van der Waals surface area contributed by atoms with Crippen molar-refractivity contribution in [2.75, 3.05) is 0 Å². The summed E-state index contributed by atoms with van der Waals surface area (Å²) in [6, 6.07) is 5.82. The molecule has 0 unspecified atom stereocenters. The summed E-state index contributed by atoms with van der Waals surface area (Å²) in [5.41, 5.74) is 1.18. The predicted octanol–water partition coefficient (Wildman–Crippen LogP) is 3.49. The second-order valence-electron chi connectivity index (χ2n) is 5.30. The number of hydrogen-bond acceptors (Lipinski definition) is 1. The Morgan fingerprint density at radius 3 is 2.72 bits per heavy atom. The molecule has 2 rings (SSSR count). The average molecular weight is 266 g/mol. The summed E-state index contributed by atoms with van der Waals surface area (Å²) in [6.07, 6.45) is 2.41. The van der Waals surface area contributed by atoms with E-state index in [1.54, 1.807) is 13.8 Å². The van der Waals surface area contributed by atoms with Crippen molar-refractivity contribution < 1.29 is 9.90 Å². The molecule has 0 aliphatic heterocycles. The number of aromatic nitrogens is 1. The van der Waals surface area contributed by atoms with Gasteiger partial charge in [-0.2, -0.15) is 0 Å². The molecule has 0 saturated carbocycles.